The number of carbonyl (C=O) groups excluding carboxylic acids is 1. The maximum absolute atomic E-state index is 12.3. The molecule has 2 fully saturated rings. The summed E-state index contributed by atoms with van der Waals surface area (Å²) in [6.07, 6.45) is 7.86. The van der Waals surface area contributed by atoms with E-state index < -0.39 is 12.0 Å². The van der Waals surface area contributed by atoms with Crippen molar-refractivity contribution in [3.05, 3.63) is 12.2 Å². The summed E-state index contributed by atoms with van der Waals surface area (Å²) in [5, 5.41) is 12.1. The molecule has 5 unspecified atom stereocenters. The van der Waals surface area contributed by atoms with Crippen LogP contribution in [0.2, 0.25) is 0 Å². The van der Waals surface area contributed by atoms with E-state index in [-0.39, 0.29) is 17.7 Å². The van der Waals surface area contributed by atoms with Crippen LogP contribution in [0.1, 0.15) is 25.7 Å². The van der Waals surface area contributed by atoms with Crippen molar-refractivity contribution in [3.63, 3.8) is 0 Å². The number of aliphatic carboxylic acids is 1. The number of nitrogens with one attached hydrogen (secondary N) is 1. The molecule has 0 radical (unpaired) electrons. The summed E-state index contributed by atoms with van der Waals surface area (Å²) in [6, 6.07) is -0.814. The first-order chi connectivity index (χ1) is 9.65. The van der Waals surface area contributed by atoms with Crippen LogP contribution in [0.5, 0.6) is 0 Å². The number of ether oxygens (including phenoxy) is 1. The van der Waals surface area contributed by atoms with Crippen molar-refractivity contribution in [2.75, 3.05) is 13.2 Å². The predicted octanol–water partition coefficient (Wildman–Crippen LogP) is 1.19. The van der Waals surface area contributed by atoms with Gasteiger partial charge in [-0.2, -0.15) is 0 Å². The Hall–Kier alpha value is -1.36. The number of carboxylic acid groups (broad SMARTS) is 1. The van der Waals surface area contributed by atoms with Gasteiger partial charge in [0.1, 0.15) is 6.04 Å². The summed E-state index contributed by atoms with van der Waals surface area (Å²) in [7, 11) is 0. The summed E-state index contributed by atoms with van der Waals surface area (Å²) >= 11 is 0. The molecule has 3 rings (SSSR count). The first kappa shape index (κ1) is 13.6. The zero-order valence-electron chi connectivity index (χ0n) is 11.5. The molecule has 0 aromatic heterocycles. The van der Waals surface area contributed by atoms with E-state index in [2.05, 4.69) is 17.5 Å². The van der Waals surface area contributed by atoms with E-state index in [0.717, 1.165) is 25.7 Å². The first-order valence-corrected chi connectivity index (χ1v) is 7.44. The van der Waals surface area contributed by atoms with Crippen LogP contribution in [0.3, 0.4) is 0 Å². The van der Waals surface area contributed by atoms with Gasteiger partial charge in [-0.1, -0.05) is 12.2 Å². The maximum Gasteiger partial charge on any atom is 0.326 e. The highest BCUT2D eigenvalue weighted by Gasteiger charge is 2.41. The highest BCUT2D eigenvalue weighted by Crippen LogP contribution is 2.43. The van der Waals surface area contributed by atoms with Crippen LogP contribution in [0, 0.1) is 23.7 Å². The van der Waals surface area contributed by atoms with E-state index in [9.17, 15) is 14.7 Å². The maximum atomic E-state index is 12.3. The van der Waals surface area contributed by atoms with E-state index in [1.807, 2.05) is 0 Å². The highest BCUT2D eigenvalue weighted by molar-refractivity contribution is 5.86. The van der Waals surface area contributed by atoms with Crippen molar-refractivity contribution in [3.8, 4) is 0 Å². The summed E-state index contributed by atoms with van der Waals surface area (Å²) in [5.41, 5.74) is 0. The third kappa shape index (κ3) is 2.59. The molecule has 1 saturated heterocycles. The number of allylic oxidation sites excluding steroid dienone is 2. The van der Waals surface area contributed by atoms with Gasteiger partial charge in [0.2, 0.25) is 5.91 Å². The Labute approximate surface area is 118 Å². The summed E-state index contributed by atoms with van der Waals surface area (Å²) < 4.78 is 5.34. The topological polar surface area (TPSA) is 75.6 Å². The Morgan fingerprint density at radius 3 is 2.70 bits per heavy atom. The number of carboxylic acids is 1. The minimum absolute atomic E-state index is 0.0450. The number of carbonyl (C=O) groups is 2. The van der Waals surface area contributed by atoms with Gasteiger partial charge >= 0.3 is 5.97 Å². The Kier molecular flexibility index (Phi) is 3.78. The third-order valence-corrected chi connectivity index (χ3v) is 4.85. The van der Waals surface area contributed by atoms with Gasteiger partial charge in [0, 0.05) is 18.4 Å². The number of rotatable bonds is 4. The largest absolute Gasteiger partial charge is 0.480 e. The van der Waals surface area contributed by atoms with Gasteiger partial charge in [-0.15, -0.1) is 0 Å². The van der Waals surface area contributed by atoms with E-state index in [4.69, 9.17) is 4.74 Å². The van der Waals surface area contributed by atoms with Crippen molar-refractivity contribution >= 4 is 11.9 Å². The van der Waals surface area contributed by atoms with Crippen molar-refractivity contribution in [2.45, 2.75) is 31.7 Å². The molecular weight excluding hydrogens is 258 g/mol. The van der Waals surface area contributed by atoms with E-state index in [0.29, 0.717) is 25.0 Å². The molecule has 5 nitrogen and oxygen atoms in total. The van der Waals surface area contributed by atoms with Crippen molar-refractivity contribution in [2.24, 2.45) is 23.7 Å². The van der Waals surface area contributed by atoms with Crippen LogP contribution in [0.25, 0.3) is 0 Å². The smallest absolute Gasteiger partial charge is 0.326 e. The Morgan fingerprint density at radius 2 is 2.15 bits per heavy atom. The number of amides is 1. The van der Waals surface area contributed by atoms with Gasteiger partial charge in [0.15, 0.2) is 0 Å². The van der Waals surface area contributed by atoms with Gasteiger partial charge in [-0.25, -0.2) is 4.79 Å². The number of fused-ring (bicyclic) bond motifs is 2. The van der Waals surface area contributed by atoms with Gasteiger partial charge < -0.3 is 15.2 Å². The van der Waals surface area contributed by atoms with Crippen LogP contribution in [-0.4, -0.2) is 36.2 Å². The minimum atomic E-state index is -0.951. The molecule has 0 aromatic rings. The average Bonchev–Trinajstić information content (AvgIpc) is 3.07. The molecule has 2 bridgehead atoms. The van der Waals surface area contributed by atoms with Crippen LogP contribution >= 0.6 is 0 Å². The van der Waals surface area contributed by atoms with Gasteiger partial charge in [0.05, 0.1) is 6.61 Å². The lowest BCUT2D eigenvalue weighted by Crippen LogP contribution is -2.50. The fourth-order valence-corrected chi connectivity index (χ4v) is 3.75. The highest BCUT2D eigenvalue weighted by atomic mass is 16.5. The fraction of sp³-hybridized carbons (Fsp3) is 0.733. The van der Waals surface area contributed by atoms with Crippen molar-refractivity contribution in [1.82, 2.24) is 5.32 Å². The molecule has 1 saturated carbocycles. The molecule has 1 aliphatic heterocycles. The predicted molar refractivity (Wildman–Crippen MR) is 72.0 cm³/mol. The standard InChI is InChI=1S/C15H21NO4/c17-14(12-7-9-3-4-10(12)6-9)16-13(15(18)19)11-2-1-5-20-8-11/h3-4,9-13H,1-2,5-8H2,(H,16,17)(H,18,19). The SMILES string of the molecule is O=C(NC(C(=O)O)C1CCCOC1)C1CC2C=CC1C2. The molecule has 3 aliphatic rings. The molecule has 20 heavy (non-hydrogen) atoms. The fourth-order valence-electron chi connectivity index (χ4n) is 3.75. The summed E-state index contributed by atoms with van der Waals surface area (Å²) in [4.78, 5) is 23.8. The zero-order valence-corrected chi connectivity index (χ0v) is 11.5. The molecule has 1 amide bonds. The molecular formula is C15H21NO4. The van der Waals surface area contributed by atoms with Gasteiger partial charge in [-0.05, 0) is 37.5 Å². The lowest BCUT2D eigenvalue weighted by molar-refractivity contribution is -0.146. The number of hydrogen-bond donors (Lipinski definition) is 2. The van der Waals surface area contributed by atoms with Crippen molar-refractivity contribution in [1.29, 1.82) is 0 Å². The molecule has 1 heterocycles. The second kappa shape index (κ2) is 5.56. The van der Waals surface area contributed by atoms with E-state index in [1.165, 1.54) is 0 Å². The molecule has 0 spiro atoms. The van der Waals surface area contributed by atoms with Crippen LogP contribution in [0.4, 0.5) is 0 Å². The zero-order chi connectivity index (χ0) is 14.1. The molecule has 2 aliphatic carbocycles. The van der Waals surface area contributed by atoms with Gasteiger partial charge in [-0.3, -0.25) is 4.79 Å². The molecule has 5 heteroatoms. The monoisotopic (exact) mass is 279 g/mol. The first-order valence-electron chi connectivity index (χ1n) is 7.44. The second-order valence-corrected chi connectivity index (χ2v) is 6.19. The van der Waals surface area contributed by atoms with Crippen molar-refractivity contribution < 1.29 is 19.4 Å². The lowest BCUT2D eigenvalue weighted by Gasteiger charge is -2.29. The Morgan fingerprint density at radius 1 is 1.30 bits per heavy atom. The van der Waals surface area contributed by atoms with E-state index in [1.54, 1.807) is 0 Å². The van der Waals surface area contributed by atoms with E-state index >= 15 is 0 Å². The molecule has 110 valence electrons. The molecule has 0 aromatic carbocycles. The summed E-state index contributed by atoms with van der Waals surface area (Å²) in [6.45, 7) is 1.11. The van der Waals surface area contributed by atoms with Crippen LogP contribution < -0.4 is 5.32 Å². The lowest BCUT2D eigenvalue weighted by atomic mass is 9.90. The second-order valence-electron chi connectivity index (χ2n) is 6.19. The molecule has 5 atom stereocenters. The van der Waals surface area contributed by atoms with Crippen LogP contribution in [0.15, 0.2) is 12.2 Å². The normalized spacial score (nSPS) is 36.8. The van der Waals surface area contributed by atoms with Gasteiger partial charge in [0.25, 0.3) is 0 Å². The number of hydrogen-bond acceptors (Lipinski definition) is 3. The average molecular weight is 279 g/mol. The molecule has 2 N–H and O–H groups in total. The quantitative estimate of drug-likeness (QED) is 0.758. The third-order valence-electron chi connectivity index (χ3n) is 4.85. The Bertz CT molecular complexity index is 428. The van der Waals surface area contributed by atoms with Crippen LogP contribution in [-0.2, 0) is 14.3 Å². The summed E-state index contributed by atoms with van der Waals surface area (Å²) in [5.74, 6) is -0.392. The Balaban J connectivity index is 1.62. The minimum Gasteiger partial charge on any atom is -0.480 e.